The Morgan fingerprint density at radius 3 is 2.52 bits per heavy atom. The van der Waals surface area contributed by atoms with Gasteiger partial charge in [-0.05, 0) is 35.4 Å². The Hall–Kier alpha value is -3.86. The van der Waals surface area contributed by atoms with E-state index in [9.17, 15) is 31.2 Å². The number of carbonyl (C=O) groups excluding carboxylic acids is 2. The third-order valence-electron chi connectivity index (χ3n) is 5.76. The molecule has 17 heteroatoms. The Bertz CT molecular complexity index is 1720. The number of benzene rings is 2. The number of esters is 1. The van der Waals surface area contributed by atoms with Crippen molar-refractivity contribution in [2.24, 2.45) is 5.73 Å². The Morgan fingerprint density at radius 2 is 1.86 bits per heavy atom. The maximum Gasteiger partial charge on any atom is 0.490 e. The fraction of sp³-hybridized carbons (Fsp3) is 0.240. The number of carbonyl (C=O) groups is 2. The molecule has 0 saturated carbocycles. The van der Waals surface area contributed by atoms with E-state index < -0.39 is 40.7 Å². The first-order valence-electron chi connectivity index (χ1n) is 11.9. The van der Waals surface area contributed by atoms with Crippen LogP contribution in [-0.2, 0) is 37.4 Å². The van der Waals surface area contributed by atoms with Crippen LogP contribution < -0.4 is 20.5 Å². The van der Waals surface area contributed by atoms with Gasteiger partial charge in [0.1, 0.15) is 22.6 Å². The molecule has 0 saturated heterocycles. The summed E-state index contributed by atoms with van der Waals surface area (Å²) in [5.74, 6) is -2.80. The Balaban J connectivity index is 1.50. The molecule has 1 amide bonds. The molecule has 11 nitrogen and oxygen atoms in total. The number of hydrogen-bond donors (Lipinski definition) is 3. The van der Waals surface area contributed by atoms with Crippen LogP contribution in [0.1, 0.15) is 11.1 Å². The first-order chi connectivity index (χ1) is 19.8. The molecule has 0 aliphatic rings. The molecule has 224 valence electrons. The number of thiophene rings is 1. The number of halogens is 4. The van der Waals surface area contributed by atoms with Crippen molar-refractivity contribution in [1.29, 1.82) is 0 Å². The van der Waals surface area contributed by atoms with E-state index in [1.165, 1.54) is 19.2 Å². The van der Waals surface area contributed by atoms with E-state index in [2.05, 4.69) is 19.9 Å². The molecule has 2 aromatic carbocycles. The van der Waals surface area contributed by atoms with Crippen molar-refractivity contribution in [2.45, 2.75) is 29.5 Å². The lowest BCUT2D eigenvalue weighted by Gasteiger charge is -2.14. The number of nitrogens with two attached hydrogens (primary N) is 1. The predicted molar refractivity (Wildman–Crippen MR) is 149 cm³/mol. The van der Waals surface area contributed by atoms with Crippen molar-refractivity contribution in [2.75, 3.05) is 18.4 Å². The Morgan fingerprint density at radius 1 is 1.14 bits per heavy atom. The van der Waals surface area contributed by atoms with Gasteiger partial charge in [-0.15, -0.1) is 11.3 Å². The summed E-state index contributed by atoms with van der Waals surface area (Å²) >= 11 is 6.81. The number of fused-ring (bicyclic) bond motifs is 1. The molecule has 0 fully saturated rings. The fourth-order valence-electron chi connectivity index (χ4n) is 3.83. The van der Waals surface area contributed by atoms with Gasteiger partial charge in [0.2, 0.25) is 5.91 Å². The Labute approximate surface area is 246 Å². The maximum absolute atomic E-state index is 13.0. The summed E-state index contributed by atoms with van der Waals surface area (Å²) in [6.07, 6.45) is -5.19. The van der Waals surface area contributed by atoms with Gasteiger partial charge < -0.3 is 20.5 Å². The van der Waals surface area contributed by atoms with Gasteiger partial charge in [0.25, 0.3) is 10.0 Å². The number of nitrogens with zero attached hydrogens (tertiary/aromatic N) is 2. The van der Waals surface area contributed by atoms with E-state index >= 15 is 0 Å². The molecule has 2 aromatic heterocycles. The quantitative estimate of drug-likeness (QED) is 0.209. The van der Waals surface area contributed by atoms with E-state index in [4.69, 9.17) is 22.1 Å². The van der Waals surface area contributed by atoms with E-state index in [0.29, 0.717) is 26.6 Å². The topological polar surface area (TPSA) is 155 Å². The van der Waals surface area contributed by atoms with Crippen LogP contribution >= 0.6 is 22.9 Å². The van der Waals surface area contributed by atoms with Crippen LogP contribution in [0.15, 0.2) is 58.8 Å². The number of amides is 1. The second-order valence-electron chi connectivity index (χ2n) is 8.77. The lowest BCUT2D eigenvalue weighted by Crippen LogP contribution is -2.44. The number of aromatic nitrogens is 2. The van der Waals surface area contributed by atoms with Crippen molar-refractivity contribution >= 4 is 61.6 Å². The van der Waals surface area contributed by atoms with Gasteiger partial charge in [-0.1, -0.05) is 41.9 Å². The van der Waals surface area contributed by atoms with Crippen LogP contribution in [-0.4, -0.2) is 56.0 Å². The normalized spacial score (nSPS) is 12.6. The van der Waals surface area contributed by atoms with Crippen molar-refractivity contribution in [3.05, 3.63) is 70.1 Å². The van der Waals surface area contributed by atoms with Crippen molar-refractivity contribution in [1.82, 2.24) is 15.1 Å². The number of alkyl halides is 3. The molecule has 0 bridgehead atoms. The fourth-order valence-corrected chi connectivity index (χ4v) is 6.33. The first kappa shape index (κ1) is 31.1. The average molecular weight is 646 g/mol. The Kier molecular flexibility index (Phi) is 9.30. The highest BCUT2D eigenvalue weighted by molar-refractivity contribution is 7.94. The molecule has 2 heterocycles. The van der Waals surface area contributed by atoms with E-state index in [0.717, 1.165) is 16.9 Å². The number of methoxy groups -OCH3 is 1. The largest absolute Gasteiger partial charge is 0.496 e. The summed E-state index contributed by atoms with van der Waals surface area (Å²) in [6, 6.07) is 13.5. The van der Waals surface area contributed by atoms with Crippen molar-refractivity contribution < 1.29 is 40.7 Å². The molecule has 0 aliphatic carbocycles. The molecule has 4 rings (SSSR count). The molecule has 4 N–H and O–H groups in total. The molecule has 0 radical (unpaired) electrons. The van der Waals surface area contributed by atoms with Crippen LogP contribution in [0.3, 0.4) is 0 Å². The summed E-state index contributed by atoms with van der Waals surface area (Å²) in [6.45, 7) is -0.758. The average Bonchev–Trinajstić information content (AvgIpc) is 3.53. The minimum atomic E-state index is -5.19. The molecular formula is C25H23ClF3N5O6S2. The lowest BCUT2D eigenvalue weighted by molar-refractivity contribution is -0.200. The number of sulfonamides is 1. The number of ether oxygens (including phenoxy) is 2. The zero-order valence-electron chi connectivity index (χ0n) is 21.6. The zero-order chi connectivity index (χ0) is 30.7. The number of hydrogen-bond acceptors (Lipinski definition) is 9. The van der Waals surface area contributed by atoms with Crippen LogP contribution in [0.4, 0.5) is 19.0 Å². The highest BCUT2D eigenvalue weighted by atomic mass is 35.5. The summed E-state index contributed by atoms with van der Waals surface area (Å²) in [5.41, 5.74) is 7.47. The smallest absolute Gasteiger partial charge is 0.490 e. The van der Waals surface area contributed by atoms with Crippen molar-refractivity contribution in [3.8, 4) is 5.75 Å². The first-order valence-corrected chi connectivity index (χ1v) is 14.6. The molecular weight excluding hydrogens is 623 g/mol. The second kappa shape index (κ2) is 12.6. The number of rotatable bonds is 11. The van der Waals surface area contributed by atoms with E-state index in [-0.39, 0.29) is 23.1 Å². The molecule has 0 spiro atoms. The van der Waals surface area contributed by atoms with Gasteiger partial charge in [0.15, 0.2) is 5.82 Å². The minimum Gasteiger partial charge on any atom is -0.496 e. The van der Waals surface area contributed by atoms with Crippen LogP contribution in [0.25, 0.3) is 10.9 Å². The van der Waals surface area contributed by atoms with Crippen LogP contribution in [0, 0.1) is 0 Å². The summed E-state index contributed by atoms with van der Waals surface area (Å²) in [4.78, 5) is 23.0. The van der Waals surface area contributed by atoms with Gasteiger partial charge in [-0.3, -0.25) is 14.2 Å². The predicted octanol–water partition coefficient (Wildman–Crippen LogP) is 3.66. The van der Waals surface area contributed by atoms with Gasteiger partial charge >= 0.3 is 12.1 Å². The molecule has 0 aliphatic heterocycles. The highest BCUT2D eigenvalue weighted by Gasteiger charge is 2.41. The standard InChI is InChI=1S/C25H23ClF3N5O6S2/c1-39-18-7-3-6-17-21(18)22(33-42(37,38)20-9-8-19(26)41-20)32-34(17)12-15-5-2-4-14(10-15)11-31-23(35)16(30)13-40-24(36)25(27,28)29/h2-10,16H,11-13,30H2,1H3,(H,31,35)(H,32,33)/t16-/m1/s1. The van der Waals surface area contributed by atoms with E-state index in [1.54, 1.807) is 47.1 Å². The van der Waals surface area contributed by atoms with Gasteiger partial charge in [-0.25, -0.2) is 13.2 Å². The van der Waals surface area contributed by atoms with Gasteiger partial charge in [0, 0.05) is 6.54 Å². The number of nitrogens with one attached hydrogen (secondary N) is 2. The summed E-state index contributed by atoms with van der Waals surface area (Å²) in [7, 11) is -2.54. The third kappa shape index (κ3) is 7.31. The SMILES string of the molecule is COc1cccc2c1c(NS(=O)(=O)c1ccc(Cl)s1)nn2Cc1cccc(CNC(=O)[C@H](N)COC(=O)C(F)(F)F)c1. The van der Waals surface area contributed by atoms with Crippen molar-refractivity contribution in [3.63, 3.8) is 0 Å². The zero-order valence-corrected chi connectivity index (χ0v) is 24.0. The highest BCUT2D eigenvalue weighted by Crippen LogP contribution is 2.35. The van der Waals surface area contributed by atoms with Gasteiger partial charge in [-0.2, -0.15) is 18.3 Å². The maximum atomic E-state index is 13.0. The summed E-state index contributed by atoms with van der Waals surface area (Å²) in [5, 5.41) is 7.42. The minimum absolute atomic E-state index is 0.0121. The van der Waals surface area contributed by atoms with Crippen LogP contribution in [0.2, 0.25) is 4.34 Å². The second-order valence-corrected chi connectivity index (χ2v) is 12.4. The van der Waals surface area contributed by atoms with Gasteiger partial charge in [0.05, 0.1) is 28.9 Å². The molecule has 4 aromatic rings. The summed E-state index contributed by atoms with van der Waals surface area (Å²) < 4.78 is 76.7. The molecule has 1 atom stereocenters. The lowest BCUT2D eigenvalue weighted by atomic mass is 10.1. The third-order valence-corrected chi connectivity index (χ3v) is 8.82. The van der Waals surface area contributed by atoms with E-state index in [1.807, 2.05) is 0 Å². The molecule has 42 heavy (non-hydrogen) atoms. The number of anilines is 1. The molecule has 0 unspecified atom stereocenters. The van der Waals surface area contributed by atoms with Crippen LogP contribution in [0.5, 0.6) is 5.75 Å². The monoisotopic (exact) mass is 645 g/mol.